The van der Waals surface area contributed by atoms with E-state index in [4.69, 9.17) is 0 Å². The molecule has 1 unspecified atom stereocenters. The van der Waals surface area contributed by atoms with E-state index in [0.29, 0.717) is 4.83 Å². The van der Waals surface area contributed by atoms with E-state index in [1.54, 1.807) is 0 Å². The highest BCUT2D eigenvalue weighted by molar-refractivity contribution is 9.09. The number of alkyl halides is 1. The third-order valence-corrected chi connectivity index (χ3v) is 5.52. The third kappa shape index (κ3) is 5.24. The van der Waals surface area contributed by atoms with Crippen LogP contribution in [0.3, 0.4) is 0 Å². The molecule has 1 aliphatic rings. The topological polar surface area (TPSA) is 0 Å². The SMILES string of the molecule is CC(C)Cc1ccc(C(Br)CCC2CCCCC2)cc1. The van der Waals surface area contributed by atoms with Crippen LogP contribution in [0.25, 0.3) is 0 Å². The molecule has 0 bridgehead atoms. The van der Waals surface area contributed by atoms with Gasteiger partial charge in [0.05, 0.1) is 0 Å². The monoisotopic (exact) mass is 336 g/mol. The van der Waals surface area contributed by atoms with Crippen molar-refractivity contribution in [1.29, 1.82) is 0 Å². The van der Waals surface area contributed by atoms with Crippen LogP contribution in [-0.4, -0.2) is 0 Å². The van der Waals surface area contributed by atoms with Crippen molar-refractivity contribution in [3.63, 3.8) is 0 Å². The second-order valence-electron chi connectivity index (χ2n) is 6.89. The summed E-state index contributed by atoms with van der Waals surface area (Å²) in [7, 11) is 0. The van der Waals surface area contributed by atoms with Gasteiger partial charge in [-0.2, -0.15) is 0 Å². The summed E-state index contributed by atoms with van der Waals surface area (Å²) in [5.74, 6) is 1.73. The molecule has 112 valence electrons. The molecule has 0 aliphatic heterocycles. The van der Waals surface area contributed by atoms with Gasteiger partial charge in [0.25, 0.3) is 0 Å². The van der Waals surface area contributed by atoms with Crippen molar-refractivity contribution in [2.75, 3.05) is 0 Å². The molecule has 1 heteroatoms. The van der Waals surface area contributed by atoms with Crippen molar-refractivity contribution < 1.29 is 0 Å². The van der Waals surface area contributed by atoms with Gasteiger partial charge in [-0.15, -0.1) is 0 Å². The van der Waals surface area contributed by atoms with Crippen molar-refractivity contribution >= 4 is 15.9 Å². The molecular weight excluding hydrogens is 308 g/mol. The smallest absolute Gasteiger partial charge is 0.0395 e. The molecular formula is C19H29Br. The van der Waals surface area contributed by atoms with Crippen LogP contribution in [0.15, 0.2) is 24.3 Å². The van der Waals surface area contributed by atoms with Crippen molar-refractivity contribution in [3.05, 3.63) is 35.4 Å². The Morgan fingerprint density at radius 1 is 1.05 bits per heavy atom. The van der Waals surface area contributed by atoms with Crippen molar-refractivity contribution in [3.8, 4) is 0 Å². The molecule has 0 radical (unpaired) electrons. The van der Waals surface area contributed by atoms with E-state index >= 15 is 0 Å². The minimum Gasteiger partial charge on any atom is -0.0839 e. The molecule has 1 atom stereocenters. The Bertz CT molecular complexity index is 373. The van der Waals surface area contributed by atoms with Gasteiger partial charge in [-0.05, 0) is 42.2 Å². The average molecular weight is 337 g/mol. The fourth-order valence-electron chi connectivity index (χ4n) is 3.36. The second-order valence-corrected chi connectivity index (χ2v) is 7.99. The first kappa shape index (κ1) is 16.1. The quantitative estimate of drug-likeness (QED) is 0.508. The summed E-state index contributed by atoms with van der Waals surface area (Å²) < 4.78 is 0. The summed E-state index contributed by atoms with van der Waals surface area (Å²) in [6, 6.07) is 9.25. The van der Waals surface area contributed by atoms with Gasteiger partial charge in [0.15, 0.2) is 0 Å². The molecule has 1 fully saturated rings. The molecule has 0 nitrogen and oxygen atoms in total. The summed E-state index contributed by atoms with van der Waals surface area (Å²) in [4.78, 5) is 0.539. The third-order valence-electron chi connectivity index (χ3n) is 4.54. The van der Waals surface area contributed by atoms with Crippen LogP contribution < -0.4 is 0 Å². The molecule has 1 aromatic carbocycles. The van der Waals surface area contributed by atoms with Crippen LogP contribution in [-0.2, 0) is 6.42 Å². The maximum absolute atomic E-state index is 3.89. The molecule has 0 amide bonds. The summed E-state index contributed by atoms with van der Waals surface area (Å²) in [5.41, 5.74) is 2.92. The fourth-order valence-corrected chi connectivity index (χ4v) is 3.93. The standard InChI is InChI=1S/C19H29Br/c1-15(2)14-17-8-11-18(12-9-17)19(20)13-10-16-6-4-3-5-7-16/h8-9,11-12,15-16,19H,3-7,10,13-14H2,1-2H3. The highest BCUT2D eigenvalue weighted by Crippen LogP contribution is 2.34. The summed E-state index contributed by atoms with van der Waals surface area (Å²) >= 11 is 3.89. The Morgan fingerprint density at radius 3 is 2.30 bits per heavy atom. The van der Waals surface area contributed by atoms with Crippen LogP contribution >= 0.6 is 15.9 Å². The Labute approximate surface area is 133 Å². The number of hydrogen-bond donors (Lipinski definition) is 0. The molecule has 0 heterocycles. The summed E-state index contributed by atoms with van der Waals surface area (Å²) in [6.45, 7) is 4.57. The van der Waals surface area contributed by atoms with Gasteiger partial charge in [-0.1, -0.05) is 86.1 Å². The van der Waals surface area contributed by atoms with Gasteiger partial charge in [0.1, 0.15) is 0 Å². The van der Waals surface area contributed by atoms with E-state index in [2.05, 4.69) is 54.0 Å². The number of benzene rings is 1. The van der Waals surface area contributed by atoms with Crippen molar-refractivity contribution in [2.24, 2.45) is 11.8 Å². The molecule has 1 saturated carbocycles. The normalized spacial score (nSPS) is 18.4. The van der Waals surface area contributed by atoms with E-state index in [-0.39, 0.29) is 0 Å². The molecule has 0 aromatic heterocycles. The summed E-state index contributed by atoms with van der Waals surface area (Å²) in [5, 5.41) is 0. The highest BCUT2D eigenvalue weighted by atomic mass is 79.9. The van der Waals surface area contributed by atoms with E-state index in [9.17, 15) is 0 Å². The molecule has 1 aromatic rings. The fraction of sp³-hybridized carbons (Fsp3) is 0.684. The second kappa shape index (κ2) is 8.22. The number of halogens is 1. The van der Waals surface area contributed by atoms with Crippen LogP contribution in [0.4, 0.5) is 0 Å². The first-order valence-corrected chi connectivity index (χ1v) is 9.29. The lowest BCUT2D eigenvalue weighted by Crippen LogP contribution is -2.07. The molecule has 0 spiro atoms. The first-order valence-electron chi connectivity index (χ1n) is 8.38. The predicted octanol–water partition coefficient (Wildman–Crippen LogP) is 6.68. The first-order chi connectivity index (χ1) is 9.65. The lowest BCUT2D eigenvalue weighted by atomic mass is 9.85. The van der Waals surface area contributed by atoms with Gasteiger partial charge >= 0.3 is 0 Å². The van der Waals surface area contributed by atoms with Gasteiger partial charge in [-0.3, -0.25) is 0 Å². The van der Waals surface area contributed by atoms with E-state index < -0.39 is 0 Å². The minimum absolute atomic E-state index is 0.539. The van der Waals surface area contributed by atoms with Crippen molar-refractivity contribution in [2.45, 2.75) is 70.0 Å². The Kier molecular flexibility index (Phi) is 6.61. The summed E-state index contributed by atoms with van der Waals surface area (Å²) in [6.07, 6.45) is 11.2. The Balaban J connectivity index is 1.80. The lowest BCUT2D eigenvalue weighted by Gasteiger charge is -2.22. The maximum atomic E-state index is 3.89. The lowest BCUT2D eigenvalue weighted by molar-refractivity contribution is 0.332. The van der Waals surface area contributed by atoms with Crippen LogP contribution in [0.5, 0.6) is 0 Å². The largest absolute Gasteiger partial charge is 0.0839 e. The number of hydrogen-bond acceptors (Lipinski definition) is 0. The molecule has 2 rings (SSSR count). The van der Waals surface area contributed by atoms with Gasteiger partial charge < -0.3 is 0 Å². The Hall–Kier alpha value is -0.300. The molecule has 1 aliphatic carbocycles. The van der Waals surface area contributed by atoms with Gasteiger partial charge in [-0.25, -0.2) is 0 Å². The van der Waals surface area contributed by atoms with Crippen LogP contribution in [0, 0.1) is 11.8 Å². The zero-order valence-corrected chi connectivity index (χ0v) is 14.7. The van der Waals surface area contributed by atoms with Gasteiger partial charge in [0, 0.05) is 4.83 Å². The van der Waals surface area contributed by atoms with E-state index in [0.717, 1.165) is 11.8 Å². The van der Waals surface area contributed by atoms with Gasteiger partial charge in [0.2, 0.25) is 0 Å². The molecule has 0 saturated heterocycles. The zero-order chi connectivity index (χ0) is 14.4. The van der Waals surface area contributed by atoms with Crippen LogP contribution in [0.1, 0.15) is 74.7 Å². The van der Waals surface area contributed by atoms with E-state index in [1.165, 1.54) is 62.5 Å². The minimum atomic E-state index is 0.539. The zero-order valence-electron chi connectivity index (χ0n) is 13.1. The Morgan fingerprint density at radius 2 is 1.70 bits per heavy atom. The van der Waals surface area contributed by atoms with Crippen molar-refractivity contribution in [1.82, 2.24) is 0 Å². The highest BCUT2D eigenvalue weighted by Gasteiger charge is 2.15. The van der Waals surface area contributed by atoms with E-state index in [1.807, 2.05) is 0 Å². The predicted molar refractivity (Wildman–Crippen MR) is 92.5 cm³/mol. The maximum Gasteiger partial charge on any atom is 0.0395 e. The molecule has 0 N–H and O–H groups in total. The molecule has 20 heavy (non-hydrogen) atoms. The number of rotatable bonds is 6. The van der Waals surface area contributed by atoms with Crippen LogP contribution in [0.2, 0.25) is 0 Å². The average Bonchev–Trinajstić information content (AvgIpc) is 2.46.